The lowest BCUT2D eigenvalue weighted by atomic mass is 9.95. The molecule has 0 fully saturated rings. The second kappa shape index (κ2) is 16.8. The van der Waals surface area contributed by atoms with E-state index in [4.69, 9.17) is 25.1 Å². The second-order valence-electron chi connectivity index (χ2n) is 8.96. The van der Waals surface area contributed by atoms with E-state index >= 15 is 0 Å². The van der Waals surface area contributed by atoms with Gasteiger partial charge in [-0.15, -0.1) is 0 Å². The summed E-state index contributed by atoms with van der Waals surface area (Å²) in [7, 11) is 3.09. The number of hydrogen-bond acceptors (Lipinski definition) is 6. The summed E-state index contributed by atoms with van der Waals surface area (Å²) in [5.74, 6) is -1.52. The molecule has 0 aliphatic rings. The SMILES string of the molecule is CC[C@H](C)CCC(=O)[C@@H](Cc1ccccc1)N=C(N)NC(=O)Cc1ccc(OC)c(OC)c1.O=C(O)C(F)(F)F. The Balaban J connectivity index is 0.00000101. The zero-order valence-electron chi connectivity index (χ0n) is 23.0. The van der Waals surface area contributed by atoms with Crippen molar-refractivity contribution in [2.75, 3.05) is 14.2 Å². The van der Waals surface area contributed by atoms with Gasteiger partial charge >= 0.3 is 12.1 Å². The highest BCUT2D eigenvalue weighted by atomic mass is 19.4. The van der Waals surface area contributed by atoms with Gasteiger partial charge in [0.15, 0.2) is 23.2 Å². The van der Waals surface area contributed by atoms with Crippen LogP contribution in [0.25, 0.3) is 0 Å². The van der Waals surface area contributed by atoms with Crippen molar-refractivity contribution >= 4 is 23.6 Å². The summed E-state index contributed by atoms with van der Waals surface area (Å²) in [6.45, 7) is 4.24. The first-order valence-electron chi connectivity index (χ1n) is 12.5. The summed E-state index contributed by atoms with van der Waals surface area (Å²) in [5.41, 5.74) is 7.76. The number of benzene rings is 2. The van der Waals surface area contributed by atoms with Crippen LogP contribution in [0.5, 0.6) is 11.5 Å². The van der Waals surface area contributed by atoms with Crippen molar-refractivity contribution in [2.24, 2.45) is 16.6 Å². The van der Waals surface area contributed by atoms with Gasteiger partial charge in [-0.2, -0.15) is 13.2 Å². The molecule has 0 aromatic heterocycles. The number of rotatable bonds is 12. The smallest absolute Gasteiger partial charge is 0.490 e. The Kier molecular flexibility index (Phi) is 14.2. The molecule has 0 unspecified atom stereocenters. The fourth-order valence-corrected chi connectivity index (χ4v) is 3.39. The third-order valence-electron chi connectivity index (χ3n) is 5.84. The van der Waals surface area contributed by atoms with E-state index in [9.17, 15) is 22.8 Å². The number of aliphatic carboxylic acids is 1. The molecule has 0 aliphatic heterocycles. The molecule has 0 radical (unpaired) electrons. The molecule has 2 rings (SSSR count). The quantitative estimate of drug-likeness (QED) is 0.256. The number of ether oxygens (including phenoxy) is 2. The number of carboxylic acid groups (broad SMARTS) is 1. The van der Waals surface area contributed by atoms with Gasteiger partial charge in [-0.25, -0.2) is 9.79 Å². The Hall–Kier alpha value is -4.09. The molecule has 0 bridgehead atoms. The molecule has 2 aromatic carbocycles. The predicted molar refractivity (Wildman–Crippen MR) is 144 cm³/mol. The number of nitrogens with two attached hydrogens (primary N) is 1. The number of amides is 1. The lowest BCUT2D eigenvalue weighted by Gasteiger charge is -2.15. The zero-order valence-corrected chi connectivity index (χ0v) is 23.0. The Bertz CT molecular complexity index is 1140. The van der Waals surface area contributed by atoms with Gasteiger partial charge < -0.3 is 20.3 Å². The number of nitrogens with zero attached hydrogens (tertiary/aromatic N) is 1. The number of nitrogens with one attached hydrogen (secondary N) is 1. The van der Waals surface area contributed by atoms with Crippen LogP contribution in [0.15, 0.2) is 53.5 Å². The van der Waals surface area contributed by atoms with Gasteiger partial charge in [0, 0.05) is 12.8 Å². The van der Waals surface area contributed by atoms with Crippen LogP contribution < -0.4 is 20.5 Å². The number of methoxy groups -OCH3 is 2. The first-order valence-corrected chi connectivity index (χ1v) is 12.5. The van der Waals surface area contributed by atoms with E-state index in [2.05, 4.69) is 24.2 Å². The van der Waals surface area contributed by atoms with Crippen molar-refractivity contribution in [1.29, 1.82) is 0 Å². The van der Waals surface area contributed by atoms with E-state index in [1.54, 1.807) is 25.3 Å². The number of halogens is 3. The van der Waals surface area contributed by atoms with E-state index < -0.39 is 18.2 Å². The van der Waals surface area contributed by atoms with Crippen LogP contribution >= 0.6 is 0 Å². The number of alkyl halides is 3. The minimum atomic E-state index is -5.08. The number of guanidine groups is 1. The zero-order chi connectivity index (χ0) is 30.3. The van der Waals surface area contributed by atoms with Crippen LogP contribution in [0.4, 0.5) is 13.2 Å². The van der Waals surface area contributed by atoms with E-state index in [-0.39, 0.29) is 24.1 Å². The van der Waals surface area contributed by atoms with Crippen LogP contribution in [0, 0.1) is 5.92 Å². The summed E-state index contributed by atoms with van der Waals surface area (Å²) >= 11 is 0. The average Bonchev–Trinajstić information content (AvgIpc) is 2.91. The van der Waals surface area contributed by atoms with Crippen molar-refractivity contribution in [3.63, 3.8) is 0 Å². The van der Waals surface area contributed by atoms with Crippen molar-refractivity contribution in [1.82, 2.24) is 5.32 Å². The van der Waals surface area contributed by atoms with Gasteiger partial charge in [0.05, 0.1) is 20.6 Å². The maximum absolute atomic E-state index is 12.9. The van der Waals surface area contributed by atoms with Crippen LogP contribution in [0.2, 0.25) is 0 Å². The molecular weight excluding hydrogens is 531 g/mol. The third-order valence-corrected chi connectivity index (χ3v) is 5.84. The molecule has 0 spiro atoms. The molecule has 9 nitrogen and oxygen atoms in total. The van der Waals surface area contributed by atoms with Gasteiger partial charge in [-0.05, 0) is 35.6 Å². The molecule has 220 valence electrons. The molecule has 2 aromatic rings. The Morgan fingerprint density at radius 1 is 1.02 bits per heavy atom. The Labute approximate surface area is 231 Å². The summed E-state index contributed by atoms with van der Waals surface area (Å²) in [6, 6.07) is 14.3. The molecule has 40 heavy (non-hydrogen) atoms. The van der Waals surface area contributed by atoms with Crippen molar-refractivity contribution in [3.8, 4) is 11.5 Å². The normalized spacial score (nSPS) is 12.8. The number of carbonyl (C=O) groups excluding carboxylic acids is 2. The number of ketones is 1. The largest absolute Gasteiger partial charge is 0.493 e. The highest BCUT2D eigenvalue weighted by Gasteiger charge is 2.38. The minimum absolute atomic E-state index is 0.0243. The van der Waals surface area contributed by atoms with E-state index in [1.807, 2.05) is 30.3 Å². The average molecular weight is 568 g/mol. The maximum atomic E-state index is 12.9. The number of carboxylic acids is 1. The maximum Gasteiger partial charge on any atom is 0.490 e. The second-order valence-corrected chi connectivity index (χ2v) is 8.96. The highest BCUT2D eigenvalue weighted by Crippen LogP contribution is 2.27. The molecule has 0 heterocycles. The van der Waals surface area contributed by atoms with E-state index in [0.29, 0.717) is 30.3 Å². The molecular formula is C28H36F3N3O6. The van der Waals surface area contributed by atoms with Crippen molar-refractivity contribution in [2.45, 2.75) is 58.2 Å². The van der Waals surface area contributed by atoms with E-state index in [1.165, 1.54) is 7.11 Å². The first-order chi connectivity index (χ1) is 18.8. The lowest BCUT2D eigenvalue weighted by Crippen LogP contribution is -2.39. The molecule has 1 amide bonds. The highest BCUT2D eigenvalue weighted by molar-refractivity contribution is 5.98. The Morgan fingerprint density at radius 2 is 1.62 bits per heavy atom. The molecule has 0 saturated carbocycles. The molecule has 4 N–H and O–H groups in total. The minimum Gasteiger partial charge on any atom is -0.493 e. The monoisotopic (exact) mass is 567 g/mol. The van der Waals surface area contributed by atoms with Crippen molar-refractivity contribution < 1.29 is 42.1 Å². The standard InChI is InChI=1S/C26H35N3O4.C2HF3O2/c1-5-18(2)11-13-22(30)21(15-19-9-7-6-8-10-19)28-26(27)29-25(31)17-20-12-14-23(32-3)24(16-20)33-4;3-2(4,5)1(6)7/h6-10,12,14,16,18,21H,5,11,13,15,17H2,1-4H3,(H3,27,28,29,31);(H,6,7)/t18-,21+;/m0./s1. The lowest BCUT2D eigenvalue weighted by molar-refractivity contribution is -0.192. The summed E-state index contributed by atoms with van der Waals surface area (Å²) in [5, 5.41) is 9.73. The molecule has 0 aliphatic carbocycles. The molecule has 2 atom stereocenters. The first kappa shape index (κ1) is 33.9. The third kappa shape index (κ3) is 12.6. The topological polar surface area (TPSA) is 140 Å². The number of Topliss-reactive ketones (excluding diaryl/α,β-unsaturated/α-hetero) is 1. The van der Waals surface area contributed by atoms with Crippen molar-refractivity contribution in [3.05, 3.63) is 59.7 Å². The number of aliphatic imine (C=N–C) groups is 1. The fraction of sp³-hybridized carbons (Fsp3) is 0.429. The summed E-state index contributed by atoms with van der Waals surface area (Å²) < 4.78 is 42.2. The Morgan fingerprint density at radius 3 is 2.15 bits per heavy atom. The fourth-order valence-electron chi connectivity index (χ4n) is 3.39. The van der Waals surface area contributed by atoms with Crippen LogP contribution in [-0.4, -0.2) is 55.2 Å². The van der Waals surface area contributed by atoms with Crippen LogP contribution in [0.1, 0.15) is 44.2 Å². The van der Waals surface area contributed by atoms with Gasteiger partial charge in [0.25, 0.3) is 0 Å². The van der Waals surface area contributed by atoms with Gasteiger partial charge in [0.1, 0.15) is 6.04 Å². The number of hydrogen-bond donors (Lipinski definition) is 3. The van der Waals surface area contributed by atoms with Gasteiger partial charge in [-0.1, -0.05) is 56.7 Å². The summed E-state index contributed by atoms with van der Waals surface area (Å²) in [4.78, 5) is 38.7. The predicted octanol–water partition coefficient (Wildman–Crippen LogP) is 4.32. The molecule has 0 saturated heterocycles. The van der Waals surface area contributed by atoms with Gasteiger partial charge in [0.2, 0.25) is 5.91 Å². The summed E-state index contributed by atoms with van der Waals surface area (Å²) in [6.07, 6.45) is -2.30. The van der Waals surface area contributed by atoms with E-state index in [0.717, 1.165) is 24.0 Å². The molecule has 12 heteroatoms. The van der Waals surface area contributed by atoms with Crippen LogP contribution in [0.3, 0.4) is 0 Å². The number of carbonyl (C=O) groups is 3. The van der Waals surface area contributed by atoms with Crippen LogP contribution in [-0.2, 0) is 27.2 Å². The van der Waals surface area contributed by atoms with Gasteiger partial charge in [-0.3, -0.25) is 14.9 Å².